The predicted octanol–water partition coefficient (Wildman–Crippen LogP) is 2.56. The summed E-state index contributed by atoms with van der Waals surface area (Å²) < 4.78 is 7.35. The maximum atomic E-state index is 12.5. The third-order valence-corrected chi connectivity index (χ3v) is 6.05. The van der Waals surface area contributed by atoms with Crippen molar-refractivity contribution >= 4 is 5.91 Å². The van der Waals surface area contributed by atoms with Gasteiger partial charge in [-0.25, -0.2) is 0 Å². The minimum absolute atomic E-state index is 0.0546. The summed E-state index contributed by atoms with van der Waals surface area (Å²) in [7, 11) is 0. The van der Waals surface area contributed by atoms with Crippen LogP contribution in [0.25, 0.3) is 0 Å². The molecule has 0 unspecified atom stereocenters. The topological polar surface area (TPSA) is 89.3 Å². The van der Waals surface area contributed by atoms with E-state index in [1.54, 1.807) is 36.0 Å². The quantitative estimate of drug-likeness (QED) is 0.527. The second-order valence-corrected chi connectivity index (χ2v) is 8.72. The number of carbonyl (C=O) groups excluding carboxylic acids is 1. The summed E-state index contributed by atoms with van der Waals surface area (Å²) in [6, 6.07) is 15.9. The van der Waals surface area contributed by atoms with Crippen molar-refractivity contribution in [1.82, 2.24) is 25.0 Å². The first-order chi connectivity index (χ1) is 16.5. The van der Waals surface area contributed by atoms with Crippen LogP contribution in [0.1, 0.15) is 36.6 Å². The Morgan fingerprint density at radius 2 is 1.88 bits per heavy atom. The van der Waals surface area contributed by atoms with Crippen molar-refractivity contribution in [2.75, 3.05) is 13.1 Å². The second kappa shape index (κ2) is 11.6. The van der Waals surface area contributed by atoms with Crippen molar-refractivity contribution in [3.63, 3.8) is 0 Å². The number of benzene rings is 1. The number of aryl methyl sites for hydroxylation is 2. The van der Waals surface area contributed by atoms with E-state index in [0.29, 0.717) is 24.0 Å². The van der Waals surface area contributed by atoms with Gasteiger partial charge in [-0.1, -0.05) is 24.3 Å². The Bertz CT molecular complexity index is 1120. The van der Waals surface area contributed by atoms with Gasteiger partial charge in [0.05, 0.1) is 0 Å². The molecule has 2 aromatic heterocycles. The monoisotopic (exact) mass is 461 g/mol. The fraction of sp³-hybridized carbons (Fsp3) is 0.385. The third-order valence-electron chi connectivity index (χ3n) is 6.05. The third kappa shape index (κ3) is 6.99. The first kappa shape index (κ1) is 23.6. The van der Waals surface area contributed by atoms with Gasteiger partial charge < -0.3 is 14.6 Å². The SMILES string of the molecule is CC(=O)NC1CCN(Cc2ccc(CCn3ccc(OCc4cccnn4)cc3=O)cc2)CC1. The largest absolute Gasteiger partial charge is 0.487 e. The van der Waals surface area contributed by atoms with Crippen LogP contribution in [0.15, 0.2) is 65.7 Å². The molecule has 1 N–H and O–H groups in total. The van der Waals surface area contributed by atoms with Crippen molar-refractivity contribution in [2.45, 2.75) is 51.9 Å². The lowest BCUT2D eigenvalue weighted by Crippen LogP contribution is -2.43. The molecule has 1 amide bonds. The highest BCUT2D eigenvalue weighted by molar-refractivity contribution is 5.73. The van der Waals surface area contributed by atoms with Crippen LogP contribution in [0.2, 0.25) is 0 Å². The molecule has 1 aliphatic heterocycles. The Balaban J connectivity index is 1.23. The molecule has 0 bridgehead atoms. The van der Waals surface area contributed by atoms with Crippen LogP contribution in [0.4, 0.5) is 0 Å². The van der Waals surface area contributed by atoms with Crippen molar-refractivity contribution in [2.24, 2.45) is 0 Å². The van der Waals surface area contributed by atoms with E-state index in [4.69, 9.17) is 4.74 Å². The van der Waals surface area contributed by atoms with Crippen LogP contribution in [-0.2, 0) is 30.9 Å². The van der Waals surface area contributed by atoms with E-state index >= 15 is 0 Å². The molecule has 1 aromatic carbocycles. The first-order valence-corrected chi connectivity index (χ1v) is 11.7. The first-order valence-electron chi connectivity index (χ1n) is 11.7. The number of nitrogens with zero attached hydrogens (tertiary/aromatic N) is 4. The average Bonchev–Trinajstić information content (AvgIpc) is 2.85. The molecule has 1 saturated heterocycles. The van der Waals surface area contributed by atoms with E-state index in [2.05, 4.69) is 44.7 Å². The van der Waals surface area contributed by atoms with Gasteiger partial charge in [0.15, 0.2) is 0 Å². The van der Waals surface area contributed by atoms with Crippen molar-refractivity contribution in [3.05, 3.63) is 88.1 Å². The number of piperidine rings is 1. The van der Waals surface area contributed by atoms with Gasteiger partial charge in [-0.2, -0.15) is 10.2 Å². The van der Waals surface area contributed by atoms with Gasteiger partial charge in [-0.3, -0.25) is 14.5 Å². The summed E-state index contributed by atoms with van der Waals surface area (Å²) in [5.41, 5.74) is 3.10. The van der Waals surface area contributed by atoms with E-state index in [1.165, 1.54) is 17.2 Å². The summed E-state index contributed by atoms with van der Waals surface area (Å²) in [6.07, 6.45) is 6.15. The van der Waals surface area contributed by atoms with Crippen LogP contribution >= 0.6 is 0 Å². The van der Waals surface area contributed by atoms with Crippen LogP contribution in [0, 0.1) is 0 Å². The van der Waals surface area contributed by atoms with Crippen LogP contribution < -0.4 is 15.6 Å². The van der Waals surface area contributed by atoms with Crippen LogP contribution in [0.5, 0.6) is 5.75 Å². The molecule has 0 spiro atoms. The summed E-state index contributed by atoms with van der Waals surface area (Å²) >= 11 is 0. The van der Waals surface area contributed by atoms with Gasteiger partial charge in [-0.15, -0.1) is 0 Å². The number of hydrogen-bond donors (Lipinski definition) is 1. The summed E-state index contributed by atoms with van der Waals surface area (Å²) in [5.74, 6) is 0.580. The molecule has 0 atom stereocenters. The molecular weight excluding hydrogens is 430 g/mol. The molecule has 1 fully saturated rings. The number of likely N-dealkylation sites (tertiary alicyclic amines) is 1. The Morgan fingerprint density at radius 3 is 2.56 bits per heavy atom. The highest BCUT2D eigenvalue weighted by Crippen LogP contribution is 2.15. The lowest BCUT2D eigenvalue weighted by atomic mass is 10.0. The number of rotatable bonds is 9. The minimum Gasteiger partial charge on any atom is -0.487 e. The number of ether oxygens (including phenoxy) is 1. The molecule has 3 heterocycles. The summed E-state index contributed by atoms with van der Waals surface area (Å²) in [4.78, 5) is 26.1. The molecule has 0 aliphatic carbocycles. The number of pyridine rings is 1. The van der Waals surface area contributed by atoms with Crippen molar-refractivity contribution in [1.29, 1.82) is 0 Å². The Labute approximate surface area is 199 Å². The zero-order valence-corrected chi connectivity index (χ0v) is 19.5. The molecule has 1 aliphatic rings. The van der Waals surface area contributed by atoms with Crippen molar-refractivity contribution in [3.8, 4) is 5.75 Å². The van der Waals surface area contributed by atoms with E-state index in [1.807, 2.05) is 6.07 Å². The fourth-order valence-electron chi connectivity index (χ4n) is 4.17. The maximum Gasteiger partial charge on any atom is 0.254 e. The number of aromatic nitrogens is 3. The Hall–Kier alpha value is -3.52. The van der Waals surface area contributed by atoms with E-state index in [0.717, 1.165) is 38.9 Å². The molecule has 8 heteroatoms. The molecule has 0 saturated carbocycles. The number of amides is 1. The highest BCUT2D eigenvalue weighted by atomic mass is 16.5. The molecule has 34 heavy (non-hydrogen) atoms. The van der Waals surface area contributed by atoms with Crippen LogP contribution in [-0.4, -0.2) is 44.7 Å². The normalized spacial score (nSPS) is 14.6. The number of hydrogen-bond acceptors (Lipinski definition) is 6. The molecule has 3 aromatic rings. The molecule has 178 valence electrons. The summed E-state index contributed by atoms with van der Waals surface area (Å²) in [6.45, 7) is 5.37. The predicted molar refractivity (Wildman–Crippen MR) is 129 cm³/mol. The molecule has 4 rings (SSSR count). The minimum atomic E-state index is -0.0871. The van der Waals surface area contributed by atoms with Gasteiger partial charge in [0, 0.05) is 57.6 Å². The summed E-state index contributed by atoms with van der Waals surface area (Å²) in [5, 5.41) is 10.8. The lowest BCUT2D eigenvalue weighted by Gasteiger charge is -2.32. The van der Waals surface area contributed by atoms with E-state index in [9.17, 15) is 9.59 Å². The van der Waals surface area contributed by atoms with E-state index < -0.39 is 0 Å². The fourth-order valence-corrected chi connectivity index (χ4v) is 4.17. The Morgan fingerprint density at radius 1 is 1.12 bits per heavy atom. The average molecular weight is 462 g/mol. The van der Waals surface area contributed by atoms with Gasteiger partial charge in [0.25, 0.3) is 5.56 Å². The molecule has 0 radical (unpaired) electrons. The molecule has 8 nitrogen and oxygen atoms in total. The van der Waals surface area contributed by atoms with Crippen LogP contribution in [0.3, 0.4) is 0 Å². The van der Waals surface area contributed by atoms with Gasteiger partial charge in [0.2, 0.25) is 5.91 Å². The number of nitrogens with one attached hydrogen (secondary N) is 1. The van der Waals surface area contributed by atoms with Gasteiger partial charge >= 0.3 is 0 Å². The smallest absolute Gasteiger partial charge is 0.254 e. The second-order valence-electron chi connectivity index (χ2n) is 8.72. The maximum absolute atomic E-state index is 12.5. The van der Waals surface area contributed by atoms with Gasteiger partial charge in [0.1, 0.15) is 18.1 Å². The molecular formula is C26H31N5O3. The highest BCUT2D eigenvalue weighted by Gasteiger charge is 2.19. The Kier molecular flexibility index (Phi) is 8.04. The van der Waals surface area contributed by atoms with E-state index in [-0.39, 0.29) is 18.1 Å². The van der Waals surface area contributed by atoms with Crippen molar-refractivity contribution < 1.29 is 9.53 Å². The number of carbonyl (C=O) groups is 1. The zero-order chi connectivity index (χ0) is 23.8. The standard InChI is InChI=1S/C26H31N5O3/c1-20(32)28-23-9-13-30(14-10-23)18-22-6-4-21(5-7-22)8-15-31-16-11-25(17-26(31)33)34-19-24-3-2-12-27-29-24/h2-7,11-12,16-17,23H,8-10,13-15,18-19H2,1H3,(H,28,32). The zero-order valence-electron chi connectivity index (χ0n) is 19.5. The lowest BCUT2D eigenvalue weighted by molar-refractivity contribution is -0.119. The van der Waals surface area contributed by atoms with Gasteiger partial charge in [-0.05, 0) is 48.6 Å².